The number of nitrogens with zero attached hydrogens (tertiary/aromatic N) is 1. The molecule has 0 saturated heterocycles. The van der Waals surface area contributed by atoms with Crippen molar-refractivity contribution in [3.8, 4) is 0 Å². The maximum Gasteiger partial charge on any atom is 0.184 e. The molecule has 0 aliphatic carbocycles. The Morgan fingerprint density at radius 3 is 2.87 bits per heavy atom. The predicted octanol–water partition coefficient (Wildman–Crippen LogP) is 1.98. The lowest BCUT2D eigenvalue weighted by Gasteiger charge is -2.05. The molecule has 1 aromatic rings. The fourth-order valence-corrected chi connectivity index (χ4v) is 1.22. The first-order valence-corrected chi connectivity index (χ1v) is 5.19. The molecular formula is C11H15N3S. The molecule has 0 bridgehead atoms. The monoisotopic (exact) mass is 221 g/mol. The first-order valence-electron chi connectivity index (χ1n) is 4.78. The second-order valence-corrected chi connectivity index (χ2v) is 4.00. The Balaban J connectivity index is 2.73. The highest BCUT2D eigenvalue weighted by atomic mass is 32.1. The zero-order valence-electron chi connectivity index (χ0n) is 8.90. The van der Waals surface area contributed by atoms with Gasteiger partial charge in [0.1, 0.15) is 0 Å². The summed E-state index contributed by atoms with van der Waals surface area (Å²) in [4.78, 5) is 0. The molecular weight excluding hydrogens is 206 g/mol. The van der Waals surface area contributed by atoms with Crippen molar-refractivity contribution in [3.63, 3.8) is 0 Å². The van der Waals surface area contributed by atoms with Crippen LogP contribution in [-0.4, -0.2) is 11.3 Å². The van der Waals surface area contributed by atoms with Crippen molar-refractivity contribution < 1.29 is 0 Å². The van der Waals surface area contributed by atoms with Crippen LogP contribution < -0.4 is 11.2 Å². The summed E-state index contributed by atoms with van der Waals surface area (Å²) in [6, 6.07) is 8.19. The molecule has 0 unspecified atom stereocenters. The van der Waals surface area contributed by atoms with E-state index in [2.05, 4.69) is 48.7 Å². The van der Waals surface area contributed by atoms with Crippen molar-refractivity contribution in [1.82, 2.24) is 5.43 Å². The molecule has 0 spiro atoms. The van der Waals surface area contributed by atoms with Crippen LogP contribution in [0.2, 0.25) is 0 Å². The molecule has 0 atom stereocenters. The molecule has 0 aliphatic rings. The van der Waals surface area contributed by atoms with Gasteiger partial charge >= 0.3 is 0 Å². The average Bonchev–Trinajstić information content (AvgIpc) is 2.17. The van der Waals surface area contributed by atoms with Crippen LogP contribution in [0.15, 0.2) is 29.4 Å². The molecule has 3 N–H and O–H groups in total. The van der Waals surface area contributed by atoms with Crippen LogP contribution >= 0.6 is 12.2 Å². The maximum absolute atomic E-state index is 5.24. The molecule has 15 heavy (non-hydrogen) atoms. The fourth-order valence-electron chi connectivity index (χ4n) is 1.17. The summed E-state index contributed by atoms with van der Waals surface area (Å²) >= 11 is 4.63. The molecule has 0 saturated carbocycles. The molecule has 0 heterocycles. The lowest BCUT2D eigenvalue weighted by atomic mass is 10.0. The van der Waals surface area contributed by atoms with Crippen LogP contribution in [-0.2, 0) is 0 Å². The van der Waals surface area contributed by atoms with Crippen LogP contribution in [0.3, 0.4) is 0 Å². The van der Waals surface area contributed by atoms with Crippen molar-refractivity contribution >= 4 is 23.5 Å². The van der Waals surface area contributed by atoms with Gasteiger partial charge in [0, 0.05) is 0 Å². The predicted molar refractivity (Wildman–Crippen MR) is 68.0 cm³/mol. The number of nitrogens with two attached hydrogens (primary N) is 1. The minimum Gasteiger partial charge on any atom is -0.375 e. The second-order valence-electron chi connectivity index (χ2n) is 3.56. The quantitative estimate of drug-likeness (QED) is 0.466. The van der Waals surface area contributed by atoms with Gasteiger partial charge in [-0.1, -0.05) is 32.0 Å². The van der Waals surface area contributed by atoms with E-state index in [-0.39, 0.29) is 5.11 Å². The number of hydrazone groups is 1. The second kappa shape index (κ2) is 5.46. The molecule has 0 amide bonds. The molecule has 80 valence electrons. The number of thiocarbonyl (C=S) groups is 1. The summed E-state index contributed by atoms with van der Waals surface area (Å²) in [5.41, 5.74) is 10.1. The van der Waals surface area contributed by atoms with Gasteiger partial charge in [-0.05, 0) is 35.3 Å². The maximum atomic E-state index is 5.24. The summed E-state index contributed by atoms with van der Waals surface area (Å²) in [6.07, 6.45) is 1.70. The molecule has 0 aromatic heterocycles. The van der Waals surface area contributed by atoms with E-state index in [0.29, 0.717) is 5.92 Å². The van der Waals surface area contributed by atoms with Gasteiger partial charge in [-0.25, -0.2) is 0 Å². The highest BCUT2D eigenvalue weighted by molar-refractivity contribution is 7.80. The zero-order chi connectivity index (χ0) is 11.3. The third-order valence-corrected chi connectivity index (χ3v) is 2.06. The van der Waals surface area contributed by atoms with Gasteiger partial charge in [0.05, 0.1) is 6.21 Å². The van der Waals surface area contributed by atoms with Crippen LogP contribution in [0.1, 0.15) is 30.9 Å². The molecule has 1 rings (SSSR count). The normalized spacial score (nSPS) is 10.9. The molecule has 4 heteroatoms. The molecule has 0 radical (unpaired) electrons. The van der Waals surface area contributed by atoms with Gasteiger partial charge < -0.3 is 5.73 Å². The van der Waals surface area contributed by atoms with E-state index in [0.717, 1.165) is 5.56 Å². The van der Waals surface area contributed by atoms with Crippen LogP contribution in [0.4, 0.5) is 0 Å². The Morgan fingerprint density at radius 2 is 2.27 bits per heavy atom. The summed E-state index contributed by atoms with van der Waals surface area (Å²) in [6.45, 7) is 4.31. The largest absolute Gasteiger partial charge is 0.375 e. The van der Waals surface area contributed by atoms with Gasteiger partial charge in [0.2, 0.25) is 0 Å². The number of nitrogens with one attached hydrogen (secondary N) is 1. The minimum absolute atomic E-state index is 0.172. The summed E-state index contributed by atoms with van der Waals surface area (Å²) < 4.78 is 0. The molecule has 0 fully saturated rings. The Hall–Kier alpha value is -1.42. The van der Waals surface area contributed by atoms with Gasteiger partial charge in [-0.15, -0.1) is 0 Å². The Labute approximate surface area is 95.4 Å². The van der Waals surface area contributed by atoms with E-state index in [9.17, 15) is 0 Å². The average molecular weight is 221 g/mol. The van der Waals surface area contributed by atoms with Crippen LogP contribution in [0.5, 0.6) is 0 Å². The standard InChI is InChI=1S/C11H15N3S/c1-8(2)10-5-3-4-9(6-10)7-13-14-11(12)15/h3-8H,1-2H3,(H3,12,14,15)/b13-7+. The van der Waals surface area contributed by atoms with E-state index in [1.807, 2.05) is 12.1 Å². The fraction of sp³-hybridized carbons (Fsp3) is 0.273. The number of rotatable bonds is 3. The Kier molecular flexibility index (Phi) is 4.24. The minimum atomic E-state index is 0.172. The van der Waals surface area contributed by atoms with Crippen LogP contribution in [0.25, 0.3) is 0 Å². The van der Waals surface area contributed by atoms with Crippen molar-refractivity contribution in [2.75, 3.05) is 0 Å². The first kappa shape index (κ1) is 11.7. The first-order chi connectivity index (χ1) is 7.09. The lowest BCUT2D eigenvalue weighted by molar-refractivity contribution is 0.866. The van der Waals surface area contributed by atoms with E-state index in [4.69, 9.17) is 5.73 Å². The van der Waals surface area contributed by atoms with Crippen LogP contribution in [0, 0.1) is 0 Å². The van der Waals surface area contributed by atoms with Gasteiger partial charge in [-0.3, -0.25) is 5.43 Å². The number of hydrogen-bond acceptors (Lipinski definition) is 2. The molecule has 0 aliphatic heterocycles. The van der Waals surface area contributed by atoms with Crippen molar-refractivity contribution in [1.29, 1.82) is 0 Å². The van der Waals surface area contributed by atoms with E-state index >= 15 is 0 Å². The Morgan fingerprint density at radius 1 is 1.53 bits per heavy atom. The molecule has 3 nitrogen and oxygen atoms in total. The highest BCUT2D eigenvalue weighted by Crippen LogP contribution is 2.14. The van der Waals surface area contributed by atoms with E-state index in [1.54, 1.807) is 6.21 Å². The number of benzene rings is 1. The third kappa shape index (κ3) is 4.08. The van der Waals surface area contributed by atoms with Crippen molar-refractivity contribution in [2.45, 2.75) is 19.8 Å². The SMILES string of the molecule is CC(C)c1cccc(/C=N/NC(N)=S)c1. The summed E-state index contributed by atoms with van der Waals surface area (Å²) in [7, 11) is 0. The number of hydrogen-bond donors (Lipinski definition) is 2. The highest BCUT2D eigenvalue weighted by Gasteiger charge is 1.98. The molecule has 1 aromatic carbocycles. The zero-order valence-corrected chi connectivity index (χ0v) is 9.71. The lowest BCUT2D eigenvalue weighted by Crippen LogP contribution is -2.23. The van der Waals surface area contributed by atoms with Gasteiger partial charge in [-0.2, -0.15) is 5.10 Å². The van der Waals surface area contributed by atoms with E-state index < -0.39 is 0 Å². The van der Waals surface area contributed by atoms with Crippen molar-refractivity contribution in [3.05, 3.63) is 35.4 Å². The summed E-state index contributed by atoms with van der Waals surface area (Å²) in [5, 5.41) is 4.07. The smallest absolute Gasteiger partial charge is 0.184 e. The third-order valence-electron chi connectivity index (χ3n) is 1.97. The topological polar surface area (TPSA) is 50.4 Å². The van der Waals surface area contributed by atoms with E-state index in [1.165, 1.54) is 5.56 Å². The van der Waals surface area contributed by atoms with Crippen molar-refractivity contribution in [2.24, 2.45) is 10.8 Å². The Bertz CT molecular complexity index is 372. The van der Waals surface area contributed by atoms with Gasteiger partial charge in [0.25, 0.3) is 0 Å². The van der Waals surface area contributed by atoms with Gasteiger partial charge in [0.15, 0.2) is 5.11 Å². The summed E-state index contributed by atoms with van der Waals surface area (Å²) in [5.74, 6) is 0.516.